The van der Waals surface area contributed by atoms with Gasteiger partial charge < -0.3 is 10.1 Å². The van der Waals surface area contributed by atoms with Crippen molar-refractivity contribution in [2.24, 2.45) is 0 Å². The topological polar surface area (TPSA) is 69.0 Å². The molecule has 0 aliphatic carbocycles. The zero-order valence-electron chi connectivity index (χ0n) is 16.0. The molecule has 0 aliphatic rings. The molecule has 0 radical (unpaired) electrons. The van der Waals surface area contributed by atoms with Crippen molar-refractivity contribution in [1.82, 2.24) is 14.8 Å². The Morgan fingerprint density at radius 3 is 2.69 bits per heavy atom. The second-order valence-electron chi connectivity index (χ2n) is 6.25. The van der Waals surface area contributed by atoms with Crippen LogP contribution in [0.3, 0.4) is 0 Å². The van der Waals surface area contributed by atoms with E-state index in [2.05, 4.69) is 31.4 Å². The Labute approximate surface area is 187 Å². The number of anilines is 1. The van der Waals surface area contributed by atoms with E-state index in [-0.39, 0.29) is 11.7 Å². The Hall–Kier alpha value is -1.87. The van der Waals surface area contributed by atoms with Crippen LogP contribution in [0.15, 0.2) is 52.1 Å². The number of ether oxygens (including phenoxy) is 1. The van der Waals surface area contributed by atoms with Gasteiger partial charge in [0.1, 0.15) is 0 Å². The molecule has 29 heavy (non-hydrogen) atoms. The van der Waals surface area contributed by atoms with Crippen LogP contribution in [0.5, 0.6) is 0 Å². The summed E-state index contributed by atoms with van der Waals surface area (Å²) in [4.78, 5) is 12.4. The van der Waals surface area contributed by atoms with Gasteiger partial charge in [0.05, 0.1) is 18.9 Å². The number of aryl methyl sites for hydroxylation is 1. The first kappa shape index (κ1) is 21.8. The number of amides is 1. The smallest absolute Gasteiger partial charge is 0.234 e. The van der Waals surface area contributed by atoms with Crippen molar-refractivity contribution in [1.29, 1.82) is 0 Å². The molecule has 152 valence electrons. The van der Waals surface area contributed by atoms with Gasteiger partial charge in [-0.2, -0.15) is 0 Å². The lowest BCUT2D eigenvalue weighted by atomic mass is 10.2. The summed E-state index contributed by atoms with van der Waals surface area (Å²) in [6.07, 6.45) is 0. The quantitative estimate of drug-likeness (QED) is 0.443. The van der Waals surface area contributed by atoms with E-state index in [1.165, 1.54) is 11.8 Å². The van der Waals surface area contributed by atoms with Crippen molar-refractivity contribution < 1.29 is 9.53 Å². The van der Waals surface area contributed by atoms with Gasteiger partial charge in [-0.05, 0) is 55.0 Å². The Bertz CT molecular complexity index is 995. The fraction of sp³-hybridized carbons (Fsp3) is 0.250. The number of methoxy groups -OCH3 is 1. The van der Waals surface area contributed by atoms with Crippen molar-refractivity contribution in [2.45, 2.75) is 18.6 Å². The van der Waals surface area contributed by atoms with Crippen LogP contribution in [0.2, 0.25) is 5.02 Å². The van der Waals surface area contributed by atoms with Gasteiger partial charge in [-0.25, -0.2) is 0 Å². The third-order valence-electron chi connectivity index (χ3n) is 4.13. The number of aromatic nitrogens is 3. The number of carbonyl (C=O) groups excluding carboxylic acids is 1. The van der Waals surface area contributed by atoms with Crippen molar-refractivity contribution in [3.8, 4) is 11.4 Å². The molecule has 0 fully saturated rings. The summed E-state index contributed by atoms with van der Waals surface area (Å²) >= 11 is 10.7. The monoisotopic (exact) mass is 494 g/mol. The summed E-state index contributed by atoms with van der Waals surface area (Å²) in [5, 5.41) is 12.8. The summed E-state index contributed by atoms with van der Waals surface area (Å²) in [6, 6.07) is 13.2. The predicted molar refractivity (Wildman–Crippen MR) is 121 cm³/mol. The van der Waals surface area contributed by atoms with Crippen LogP contribution in [0.25, 0.3) is 11.4 Å². The number of thioether (sulfide) groups is 1. The maximum atomic E-state index is 12.4. The van der Waals surface area contributed by atoms with Crippen molar-refractivity contribution in [3.63, 3.8) is 0 Å². The zero-order valence-corrected chi connectivity index (χ0v) is 19.1. The first-order valence-electron chi connectivity index (χ1n) is 8.85. The molecule has 0 aliphatic heterocycles. The predicted octanol–water partition coefficient (Wildman–Crippen LogP) is 5.05. The molecule has 0 spiro atoms. The molecule has 1 heterocycles. The lowest BCUT2D eigenvalue weighted by molar-refractivity contribution is -0.113. The summed E-state index contributed by atoms with van der Waals surface area (Å²) in [6.45, 7) is 3.04. The van der Waals surface area contributed by atoms with Crippen molar-refractivity contribution >= 4 is 50.9 Å². The normalized spacial score (nSPS) is 10.9. The van der Waals surface area contributed by atoms with Gasteiger partial charge in [0.15, 0.2) is 11.0 Å². The summed E-state index contributed by atoms with van der Waals surface area (Å²) in [5.74, 6) is 0.835. The van der Waals surface area contributed by atoms with Gasteiger partial charge in [-0.1, -0.05) is 39.3 Å². The van der Waals surface area contributed by atoms with Gasteiger partial charge in [0.2, 0.25) is 5.91 Å². The molecule has 0 unspecified atom stereocenters. The minimum Gasteiger partial charge on any atom is -0.383 e. The summed E-state index contributed by atoms with van der Waals surface area (Å²) < 4.78 is 8.15. The number of carbonyl (C=O) groups is 1. The van der Waals surface area contributed by atoms with Gasteiger partial charge in [-0.15, -0.1) is 10.2 Å². The highest BCUT2D eigenvalue weighted by Crippen LogP contribution is 2.26. The van der Waals surface area contributed by atoms with Crippen LogP contribution in [0.1, 0.15) is 5.56 Å². The Balaban J connectivity index is 1.72. The number of nitrogens with one attached hydrogen (secondary N) is 1. The number of hydrogen-bond donors (Lipinski definition) is 1. The molecule has 3 rings (SSSR count). The fourth-order valence-electron chi connectivity index (χ4n) is 2.68. The highest BCUT2D eigenvalue weighted by molar-refractivity contribution is 9.10. The maximum absolute atomic E-state index is 12.4. The fourth-order valence-corrected chi connectivity index (χ4v) is 4.04. The van der Waals surface area contributed by atoms with E-state index in [9.17, 15) is 4.79 Å². The van der Waals surface area contributed by atoms with E-state index in [0.717, 1.165) is 21.3 Å². The molecule has 9 heteroatoms. The second-order valence-corrected chi connectivity index (χ2v) is 8.55. The highest BCUT2D eigenvalue weighted by atomic mass is 79.9. The Morgan fingerprint density at radius 1 is 1.24 bits per heavy atom. The van der Waals surface area contributed by atoms with E-state index in [0.29, 0.717) is 29.2 Å². The van der Waals surface area contributed by atoms with Gasteiger partial charge >= 0.3 is 0 Å². The van der Waals surface area contributed by atoms with Crippen LogP contribution >= 0.6 is 39.3 Å². The van der Waals surface area contributed by atoms with Crippen LogP contribution in [0, 0.1) is 6.92 Å². The van der Waals surface area contributed by atoms with E-state index >= 15 is 0 Å². The van der Waals surface area contributed by atoms with Gasteiger partial charge in [0.25, 0.3) is 0 Å². The molecular formula is C20H20BrClN4O2S. The van der Waals surface area contributed by atoms with Crippen molar-refractivity contribution in [3.05, 3.63) is 57.5 Å². The van der Waals surface area contributed by atoms with Gasteiger partial charge in [0, 0.05) is 27.9 Å². The van der Waals surface area contributed by atoms with Crippen LogP contribution < -0.4 is 5.32 Å². The zero-order chi connectivity index (χ0) is 20.8. The summed E-state index contributed by atoms with van der Waals surface area (Å²) in [7, 11) is 1.65. The first-order valence-corrected chi connectivity index (χ1v) is 11.0. The average Bonchev–Trinajstić information content (AvgIpc) is 3.10. The van der Waals surface area contributed by atoms with Crippen LogP contribution in [-0.4, -0.2) is 40.1 Å². The van der Waals surface area contributed by atoms with E-state index in [1.54, 1.807) is 7.11 Å². The molecule has 0 bridgehead atoms. The number of halogens is 2. The first-order chi connectivity index (χ1) is 14.0. The molecule has 0 saturated heterocycles. The molecule has 1 aromatic heterocycles. The molecule has 6 nitrogen and oxygen atoms in total. The largest absolute Gasteiger partial charge is 0.383 e. The molecule has 0 saturated carbocycles. The minimum atomic E-state index is -0.102. The maximum Gasteiger partial charge on any atom is 0.234 e. The molecular weight excluding hydrogens is 476 g/mol. The Morgan fingerprint density at radius 2 is 2.00 bits per heavy atom. The van der Waals surface area contributed by atoms with Crippen molar-refractivity contribution in [2.75, 3.05) is 24.8 Å². The van der Waals surface area contributed by atoms with E-state index in [4.69, 9.17) is 16.3 Å². The Kier molecular flexibility index (Phi) is 7.71. The van der Waals surface area contributed by atoms with Crippen LogP contribution in [-0.2, 0) is 16.1 Å². The molecule has 0 atom stereocenters. The highest BCUT2D eigenvalue weighted by Gasteiger charge is 2.16. The molecule has 3 aromatic rings. The average molecular weight is 496 g/mol. The SMILES string of the molecule is COCCn1c(SCC(=O)Nc2ccc(Br)cc2C)nnc1-c1ccc(Cl)cc1. The number of hydrogen-bond acceptors (Lipinski definition) is 5. The van der Waals surface area contributed by atoms with Gasteiger partial charge in [-0.3, -0.25) is 9.36 Å². The van der Waals surface area contributed by atoms with E-state index in [1.807, 2.05) is 54.0 Å². The standard InChI is InChI=1S/C20H20BrClN4O2S/c1-13-11-15(21)5-8-17(13)23-18(27)12-29-20-25-24-19(26(20)9-10-28-2)14-3-6-16(22)7-4-14/h3-8,11H,9-10,12H2,1-2H3,(H,23,27). The third-order valence-corrected chi connectivity index (χ3v) is 5.85. The molecule has 1 N–H and O–H groups in total. The lowest BCUT2D eigenvalue weighted by Crippen LogP contribution is -2.15. The number of benzene rings is 2. The number of rotatable bonds is 8. The van der Waals surface area contributed by atoms with Crippen LogP contribution in [0.4, 0.5) is 5.69 Å². The number of nitrogens with zero attached hydrogens (tertiary/aromatic N) is 3. The minimum absolute atomic E-state index is 0.102. The van der Waals surface area contributed by atoms with E-state index < -0.39 is 0 Å². The second kappa shape index (κ2) is 10.2. The summed E-state index contributed by atoms with van der Waals surface area (Å²) in [5.41, 5.74) is 2.69. The molecule has 1 amide bonds. The molecule has 2 aromatic carbocycles. The lowest BCUT2D eigenvalue weighted by Gasteiger charge is -2.11. The third kappa shape index (κ3) is 5.82.